The van der Waals surface area contributed by atoms with Crippen LogP contribution in [-0.2, 0) is 6.42 Å². The van der Waals surface area contributed by atoms with E-state index in [1.807, 2.05) is 18.2 Å². The van der Waals surface area contributed by atoms with E-state index >= 15 is 0 Å². The monoisotopic (exact) mass is 299 g/mol. The summed E-state index contributed by atoms with van der Waals surface area (Å²) in [6.45, 7) is 2.36. The van der Waals surface area contributed by atoms with Crippen molar-refractivity contribution in [2.24, 2.45) is 11.8 Å². The first kappa shape index (κ1) is 15.2. The maximum absolute atomic E-state index is 6.29. The number of hydrogen-bond donors (Lipinski definition) is 1. The van der Waals surface area contributed by atoms with Gasteiger partial charge in [0.05, 0.1) is 0 Å². The van der Waals surface area contributed by atoms with Gasteiger partial charge in [-0.05, 0) is 55.8 Å². The lowest BCUT2D eigenvalue weighted by Crippen LogP contribution is -2.38. The lowest BCUT2D eigenvalue weighted by Gasteiger charge is -2.33. The topological polar surface area (TPSA) is 12.0 Å². The Morgan fingerprint density at radius 1 is 1.26 bits per heavy atom. The zero-order valence-electron chi connectivity index (χ0n) is 11.8. The number of rotatable bonds is 4. The predicted molar refractivity (Wildman–Crippen MR) is 84.1 cm³/mol. The maximum atomic E-state index is 6.29. The summed E-state index contributed by atoms with van der Waals surface area (Å²) < 4.78 is 0. The van der Waals surface area contributed by atoms with E-state index in [1.54, 1.807) is 0 Å². The van der Waals surface area contributed by atoms with E-state index in [0.29, 0.717) is 6.04 Å². The van der Waals surface area contributed by atoms with Crippen molar-refractivity contribution in [3.63, 3.8) is 0 Å². The van der Waals surface area contributed by atoms with Gasteiger partial charge in [0.15, 0.2) is 0 Å². The van der Waals surface area contributed by atoms with Gasteiger partial charge in [0.25, 0.3) is 0 Å². The number of likely N-dealkylation sites (N-methyl/N-ethyl adjacent to an activating group) is 1. The van der Waals surface area contributed by atoms with Crippen LogP contribution < -0.4 is 5.32 Å². The van der Waals surface area contributed by atoms with Gasteiger partial charge in [0.2, 0.25) is 0 Å². The second kappa shape index (κ2) is 6.97. The highest BCUT2D eigenvalue weighted by atomic mass is 35.5. The second-order valence-electron chi connectivity index (χ2n) is 5.83. The summed E-state index contributed by atoms with van der Waals surface area (Å²) >= 11 is 12.6. The van der Waals surface area contributed by atoms with Gasteiger partial charge < -0.3 is 5.32 Å². The van der Waals surface area contributed by atoms with Crippen LogP contribution in [-0.4, -0.2) is 13.1 Å². The van der Waals surface area contributed by atoms with E-state index in [1.165, 1.54) is 25.7 Å². The first-order valence-corrected chi connectivity index (χ1v) is 7.97. The highest BCUT2D eigenvalue weighted by molar-refractivity contribution is 6.36. The van der Waals surface area contributed by atoms with Crippen molar-refractivity contribution in [1.82, 2.24) is 5.32 Å². The quantitative estimate of drug-likeness (QED) is 0.829. The van der Waals surface area contributed by atoms with Gasteiger partial charge in [-0.3, -0.25) is 0 Å². The Kier molecular flexibility index (Phi) is 5.56. The third-order valence-electron chi connectivity index (χ3n) is 4.40. The molecule has 1 aromatic carbocycles. The molecule has 3 atom stereocenters. The van der Waals surface area contributed by atoms with Crippen molar-refractivity contribution in [3.8, 4) is 0 Å². The average Bonchev–Trinajstić information content (AvgIpc) is 2.38. The fraction of sp³-hybridized carbons (Fsp3) is 0.625. The third kappa shape index (κ3) is 3.87. The molecule has 3 heteroatoms. The van der Waals surface area contributed by atoms with Gasteiger partial charge in [-0.2, -0.15) is 0 Å². The van der Waals surface area contributed by atoms with Gasteiger partial charge in [-0.25, -0.2) is 0 Å². The van der Waals surface area contributed by atoms with Gasteiger partial charge in [0, 0.05) is 16.1 Å². The smallest absolute Gasteiger partial charge is 0.0453 e. The Hall–Kier alpha value is -0.240. The van der Waals surface area contributed by atoms with Crippen LogP contribution >= 0.6 is 23.2 Å². The SMILES string of the molecule is CNC(Cc1c(Cl)cccc1Cl)C1CCCC(C)C1. The normalized spacial score (nSPS) is 25.3. The largest absolute Gasteiger partial charge is 0.316 e. The van der Waals surface area contributed by atoms with E-state index in [-0.39, 0.29) is 0 Å². The van der Waals surface area contributed by atoms with E-state index in [9.17, 15) is 0 Å². The molecule has 1 fully saturated rings. The fourth-order valence-corrected chi connectivity index (χ4v) is 3.85. The molecule has 1 N–H and O–H groups in total. The summed E-state index contributed by atoms with van der Waals surface area (Å²) in [4.78, 5) is 0. The van der Waals surface area contributed by atoms with Crippen LogP contribution in [0.1, 0.15) is 38.2 Å². The lowest BCUT2D eigenvalue weighted by molar-refractivity contribution is 0.227. The molecule has 106 valence electrons. The van der Waals surface area contributed by atoms with Crippen LogP contribution in [0.3, 0.4) is 0 Å². The summed E-state index contributed by atoms with van der Waals surface area (Å²) in [6, 6.07) is 6.24. The minimum Gasteiger partial charge on any atom is -0.316 e. The molecule has 2 rings (SSSR count). The first-order chi connectivity index (χ1) is 9.11. The highest BCUT2D eigenvalue weighted by Crippen LogP contribution is 2.34. The first-order valence-electron chi connectivity index (χ1n) is 7.22. The van der Waals surface area contributed by atoms with E-state index in [4.69, 9.17) is 23.2 Å². The summed E-state index contributed by atoms with van der Waals surface area (Å²) in [5, 5.41) is 5.06. The van der Waals surface area contributed by atoms with Gasteiger partial charge >= 0.3 is 0 Å². The molecule has 1 aromatic rings. The second-order valence-corrected chi connectivity index (χ2v) is 6.65. The Morgan fingerprint density at radius 2 is 1.95 bits per heavy atom. The standard InChI is InChI=1S/C16H23Cl2N/c1-11-5-3-6-12(9-11)16(19-2)10-13-14(17)7-4-8-15(13)18/h4,7-8,11-12,16,19H,3,5-6,9-10H2,1-2H3. The van der Waals surface area contributed by atoms with Gasteiger partial charge in [-0.15, -0.1) is 0 Å². The molecule has 0 radical (unpaired) electrons. The average molecular weight is 300 g/mol. The number of benzene rings is 1. The van der Waals surface area contributed by atoms with Gasteiger partial charge in [-0.1, -0.05) is 49.0 Å². The number of nitrogens with one attached hydrogen (secondary N) is 1. The van der Waals surface area contributed by atoms with Crippen LogP contribution in [0.2, 0.25) is 10.0 Å². The van der Waals surface area contributed by atoms with Crippen LogP contribution in [0.5, 0.6) is 0 Å². The fourth-order valence-electron chi connectivity index (χ4n) is 3.30. The molecule has 0 spiro atoms. The van der Waals surface area contributed by atoms with E-state index < -0.39 is 0 Å². The summed E-state index contributed by atoms with van der Waals surface area (Å²) in [5.41, 5.74) is 1.09. The summed E-state index contributed by atoms with van der Waals surface area (Å²) in [6.07, 6.45) is 6.28. The molecule has 3 unspecified atom stereocenters. The minimum absolute atomic E-state index is 0.472. The zero-order valence-corrected chi connectivity index (χ0v) is 13.3. The lowest BCUT2D eigenvalue weighted by atomic mass is 9.77. The van der Waals surface area contributed by atoms with Crippen molar-refractivity contribution in [3.05, 3.63) is 33.8 Å². The molecule has 0 bridgehead atoms. The van der Waals surface area contributed by atoms with E-state index in [0.717, 1.165) is 33.9 Å². The molecule has 0 aliphatic heterocycles. The van der Waals surface area contributed by atoms with Crippen LogP contribution in [0, 0.1) is 11.8 Å². The van der Waals surface area contributed by atoms with Crippen molar-refractivity contribution in [2.75, 3.05) is 7.05 Å². The van der Waals surface area contributed by atoms with Crippen LogP contribution in [0.25, 0.3) is 0 Å². The number of halogens is 2. The van der Waals surface area contributed by atoms with Crippen LogP contribution in [0.15, 0.2) is 18.2 Å². The molecule has 1 nitrogen and oxygen atoms in total. The Bertz CT molecular complexity index is 399. The van der Waals surface area contributed by atoms with Crippen molar-refractivity contribution in [1.29, 1.82) is 0 Å². The zero-order chi connectivity index (χ0) is 13.8. The molecule has 0 saturated heterocycles. The molecule has 1 saturated carbocycles. The molecule has 1 aliphatic carbocycles. The summed E-state index contributed by atoms with van der Waals surface area (Å²) in [7, 11) is 2.05. The molecule has 19 heavy (non-hydrogen) atoms. The predicted octanol–water partition coefficient (Wildman–Crippen LogP) is 4.95. The van der Waals surface area contributed by atoms with Gasteiger partial charge in [0.1, 0.15) is 0 Å². The maximum Gasteiger partial charge on any atom is 0.0453 e. The molecule has 0 aromatic heterocycles. The highest BCUT2D eigenvalue weighted by Gasteiger charge is 2.26. The van der Waals surface area contributed by atoms with Crippen molar-refractivity contribution >= 4 is 23.2 Å². The summed E-state index contributed by atoms with van der Waals surface area (Å²) in [5.74, 6) is 1.58. The van der Waals surface area contributed by atoms with E-state index in [2.05, 4.69) is 19.3 Å². The molecular formula is C16H23Cl2N. The van der Waals surface area contributed by atoms with Crippen molar-refractivity contribution in [2.45, 2.75) is 45.1 Å². The Morgan fingerprint density at radius 3 is 2.53 bits per heavy atom. The minimum atomic E-state index is 0.472. The molecule has 0 amide bonds. The third-order valence-corrected chi connectivity index (χ3v) is 5.11. The number of hydrogen-bond acceptors (Lipinski definition) is 1. The Balaban J connectivity index is 2.10. The molecular weight excluding hydrogens is 277 g/mol. The molecule has 0 heterocycles. The Labute approximate surface area is 126 Å². The molecule has 1 aliphatic rings. The van der Waals surface area contributed by atoms with Crippen molar-refractivity contribution < 1.29 is 0 Å². The van der Waals surface area contributed by atoms with Crippen LogP contribution in [0.4, 0.5) is 0 Å².